The maximum Gasteiger partial charge on any atom is 0.340 e. The first-order chi connectivity index (χ1) is 12.4. The highest BCUT2D eigenvalue weighted by molar-refractivity contribution is 7.98. The van der Waals surface area contributed by atoms with Crippen LogP contribution in [0.5, 0.6) is 0 Å². The van der Waals surface area contributed by atoms with E-state index in [1.165, 1.54) is 49.2 Å². The van der Waals surface area contributed by atoms with Crippen molar-refractivity contribution in [3.63, 3.8) is 0 Å². The van der Waals surface area contributed by atoms with Gasteiger partial charge in [-0.05, 0) is 24.5 Å². The van der Waals surface area contributed by atoms with E-state index in [1.54, 1.807) is 6.26 Å². The number of hydrogen-bond donors (Lipinski definition) is 1. The van der Waals surface area contributed by atoms with Crippen molar-refractivity contribution in [1.29, 1.82) is 0 Å². The normalized spacial score (nSPS) is 10.7. The number of methoxy groups -OCH3 is 1. The standard InChI is InChI=1S/C16H12N4O5S/c1-25-15(22)10-7-11-13(18-16(26-2)19-14(11)21)17-12(10)8-3-5-9(6-4-8)20(23)24/h3-7H,1-2H3,(H,17,18,19,21). The van der Waals surface area contributed by atoms with Crippen LogP contribution in [0.25, 0.3) is 22.3 Å². The van der Waals surface area contributed by atoms with Gasteiger partial charge in [-0.2, -0.15) is 0 Å². The predicted octanol–water partition coefficient (Wildman–Crippen LogP) is 2.40. The van der Waals surface area contributed by atoms with E-state index in [0.717, 1.165) is 0 Å². The van der Waals surface area contributed by atoms with E-state index in [-0.39, 0.29) is 28.0 Å². The van der Waals surface area contributed by atoms with Gasteiger partial charge in [0.2, 0.25) is 0 Å². The van der Waals surface area contributed by atoms with Gasteiger partial charge in [0.1, 0.15) is 0 Å². The van der Waals surface area contributed by atoms with Crippen molar-refractivity contribution in [2.24, 2.45) is 0 Å². The number of fused-ring (bicyclic) bond motifs is 1. The first-order valence-electron chi connectivity index (χ1n) is 7.26. The fraction of sp³-hybridized carbons (Fsp3) is 0.125. The smallest absolute Gasteiger partial charge is 0.340 e. The number of aromatic amines is 1. The van der Waals surface area contributed by atoms with Crippen molar-refractivity contribution >= 4 is 34.5 Å². The highest BCUT2D eigenvalue weighted by atomic mass is 32.2. The largest absolute Gasteiger partial charge is 0.465 e. The van der Waals surface area contributed by atoms with E-state index in [2.05, 4.69) is 15.0 Å². The zero-order valence-electron chi connectivity index (χ0n) is 13.7. The van der Waals surface area contributed by atoms with E-state index in [0.29, 0.717) is 10.7 Å². The summed E-state index contributed by atoms with van der Waals surface area (Å²) < 4.78 is 4.77. The van der Waals surface area contributed by atoms with Gasteiger partial charge < -0.3 is 9.72 Å². The van der Waals surface area contributed by atoms with Crippen molar-refractivity contribution in [1.82, 2.24) is 15.0 Å². The van der Waals surface area contributed by atoms with Gasteiger partial charge in [-0.15, -0.1) is 0 Å². The molecule has 9 nitrogen and oxygen atoms in total. The second-order valence-corrected chi connectivity index (χ2v) is 5.92. The average molecular weight is 372 g/mol. The number of nitro groups is 1. The molecule has 0 atom stereocenters. The second-order valence-electron chi connectivity index (χ2n) is 5.13. The summed E-state index contributed by atoms with van der Waals surface area (Å²) in [6, 6.07) is 6.92. The van der Waals surface area contributed by atoms with Crippen LogP contribution < -0.4 is 5.56 Å². The van der Waals surface area contributed by atoms with Gasteiger partial charge in [-0.25, -0.2) is 14.8 Å². The number of nitrogens with zero attached hydrogens (tertiary/aromatic N) is 3. The topological polar surface area (TPSA) is 128 Å². The number of benzene rings is 1. The van der Waals surface area contributed by atoms with Gasteiger partial charge in [0, 0.05) is 17.7 Å². The molecule has 132 valence electrons. The van der Waals surface area contributed by atoms with Crippen LogP contribution in [-0.2, 0) is 4.74 Å². The molecule has 0 spiro atoms. The van der Waals surface area contributed by atoms with E-state index in [1.807, 2.05) is 0 Å². The van der Waals surface area contributed by atoms with Crippen LogP contribution in [0.4, 0.5) is 5.69 Å². The lowest BCUT2D eigenvalue weighted by Crippen LogP contribution is -2.13. The van der Waals surface area contributed by atoms with Crippen LogP contribution in [0.15, 0.2) is 40.3 Å². The fourth-order valence-electron chi connectivity index (χ4n) is 2.37. The fourth-order valence-corrected chi connectivity index (χ4v) is 2.74. The van der Waals surface area contributed by atoms with Gasteiger partial charge in [0.25, 0.3) is 11.2 Å². The molecule has 10 heteroatoms. The number of ether oxygens (including phenoxy) is 1. The molecule has 0 saturated carbocycles. The molecule has 3 rings (SSSR count). The molecule has 0 aliphatic carbocycles. The van der Waals surface area contributed by atoms with Crippen molar-refractivity contribution < 1.29 is 14.5 Å². The van der Waals surface area contributed by atoms with Crippen molar-refractivity contribution in [3.05, 3.63) is 56.4 Å². The SMILES string of the molecule is COC(=O)c1cc2c(=O)[nH]c(SC)nc2nc1-c1ccc([N+](=O)[O-])cc1. The summed E-state index contributed by atoms with van der Waals surface area (Å²) in [6.45, 7) is 0. The lowest BCUT2D eigenvalue weighted by molar-refractivity contribution is -0.384. The van der Waals surface area contributed by atoms with Gasteiger partial charge in [-0.3, -0.25) is 14.9 Å². The summed E-state index contributed by atoms with van der Waals surface area (Å²) in [4.78, 5) is 45.8. The van der Waals surface area contributed by atoms with Crippen molar-refractivity contribution in [2.45, 2.75) is 5.16 Å². The molecule has 2 heterocycles. The van der Waals surface area contributed by atoms with Crippen LogP contribution in [0.2, 0.25) is 0 Å². The third-order valence-electron chi connectivity index (χ3n) is 3.63. The highest BCUT2D eigenvalue weighted by Gasteiger charge is 2.19. The Morgan fingerprint density at radius 1 is 1.27 bits per heavy atom. The third-order valence-corrected chi connectivity index (χ3v) is 4.21. The number of nitro benzene ring substituents is 1. The Kier molecular flexibility index (Phi) is 4.67. The number of aromatic nitrogens is 3. The zero-order chi connectivity index (χ0) is 18.8. The number of carbonyl (C=O) groups is 1. The number of hydrogen-bond acceptors (Lipinski definition) is 8. The summed E-state index contributed by atoms with van der Waals surface area (Å²) in [5.41, 5.74) is 0.410. The molecular weight excluding hydrogens is 360 g/mol. The van der Waals surface area contributed by atoms with Gasteiger partial charge in [0.15, 0.2) is 10.8 Å². The first-order valence-corrected chi connectivity index (χ1v) is 8.49. The molecule has 0 aliphatic heterocycles. The Balaban J connectivity index is 2.28. The van der Waals surface area contributed by atoms with E-state index in [9.17, 15) is 19.7 Å². The minimum Gasteiger partial charge on any atom is -0.465 e. The van der Waals surface area contributed by atoms with Crippen molar-refractivity contribution in [3.8, 4) is 11.3 Å². The van der Waals surface area contributed by atoms with Crippen LogP contribution in [-0.4, -0.2) is 39.2 Å². The van der Waals surface area contributed by atoms with E-state index >= 15 is 0 Å². The minimum atomic E-state index is -0.680. The first kappa shape index (κ1) is 17.5. The molecule has 0 saturated heterocycles. The van der Waals surface area contributed by atoms with Crippen LogP contribution >= 0.6 is 11.8 Å². The van der Waals surface area contributed by atoms with E-state index in [4.69, 9.17) is 4.74 Å². The quantitative estimate of drug-likeness (QED) is 0.243. The Morgan fingerprint density at radius 2 is 1.96 bits per heavy atom. The summed E-state index contributed by atoms with van der Waals surface area (Å²) in [7, 11) is 1.21. The lowest BCUT2D eigenvalue weighted by atomic mass is 10.0. The number of thioether (sulfide) groups is 1. The molecular formula is C16H12N4O5S. The maximum absolute atomic E-state index is 12.2. The van der Waals surface area contributed by atoms with Crippen LogP contribution in [0.3, 0.4) is 0 Å². The molecule has 0 amide bonds. The van der Waals surface area contributed by atoms with E-state index < -0.39 is 16.5 Å². The Hall–Kier alpha value is -3.27. The maximum atomic E-state index is 12.2. The number of nitrogens with one attached hydrogen (secondary N) is 1. The zero-order valence-corrected chi connectivity index (χ0v) is 14.5. The lowest BCUT2D eigenvalue weighted by Gasteiger charge is -2.09. The summed E-state index contributed by atoms with van der Waals surface area (Å²) in [5, 5.41) is 11.4. The Labute approximate surface area is 150 Å². The second kappa shape index (κ2) is 6.92. The summed E-state index contributed by atoms with van der Waals surface area (Å²) in [5.74, 6) is -0.680. The van der Waals surface area contributed by atoms with Gasteiger partial charge in [-0.1, -0.05) is 11.8 Å². The van der Waals surface area contributed by atoms with Crippen LogP contribution in [0, 0.1) is 10.1 Å². The summed E-state index contributed by atoms with van der Waals surface area (Å²) >= 11 is 1.25. The van der Waals surface area contributed by atoms with Gasteiger partial charge >= 0.3 is 5.97 Å². The molecule has 0 unspecified atom stereocenters. The average Bonchev–Trinajstić information content (AvgIpc) is 2.66. The number of pyridine rings is 1. The minimum absolute atomic E-state index is 0.0676. The molecule has 26 heavy (non-hydrogen) atoms. The molecule has 2 aromatic heterocycles. The predicted molar refractivity (Wildman–Crippen MR) is 95.4 cm³/mol. The molecule has 3 aromatic rings. The molecule has 0 fully saturated rings. The molecule has 1 N–H and O–H groups in total. The number of rotatable bonds is 4. The Bertz CT molecular complexity index is 1080. The Morgan fingerprint density at radius 3 is 2.54 bits per heavy atom. The summed E-state index contributed by atoms with van der Waals surface area (Å²) in [6.07, 6.45) is 1.75. The molecule has 0 bridgehead atoms. The number of esters is 1. The third kappa shape index (κ3) is 3.14. The monoisotopic (exact) mass is 372 g/mol. The number of non-ortho nitro benzene ring substituents is 1. The number of H-pyrrole nitrogens is 1. The van der Waals surface area contributed by atoms with Gasteiger partial charge in [0.05, 0.1) is 28.7 Å². The van der Waals surface area contributed by atoms with Crippen molar-refractivity contribution in [2.75, 3.05) is 13.4 Å². The van der Waals surface area contributed by atoms with Crippen LogP contribution in [0.1, 0.15) is 10.4 Å². The number of carbonyl (C=O) groups excluding carboxylic acids is 1. The molecule has 0 aliphatic rings. The highest BCUT2D eigenvalue weighted by Crippen LogP contribution is 2.27. The molecule has 1 aromatic carbocycles. The molecule has 0 radical (unpaired) electrons.